The van der Waals surface area contributed by atoms with Crippen LogP contribution in [-0.4, -0.2) is 22.1 Å². The van der Waals surface area contributed by atoms with Crippen LogP contribution in [0, 0.1) is 0 Å². The molecule has 0 radical (unpaired) electrons. The molecule has 17 heavy (non-hydrogen) atoms. The zero-order valence-electron chi connectivity index (χ0n) is 9.60. The first-order chi connectivity index (χ1) is 8.33. The number of rotatable bonds is 2. The van der Waals surface area contributed by atoms with Crippen LogP contribution in [0.2, 0.25) is 0 Å². The Morgan fingerprint density at radius 3 is 3.18 bits per heavy atom. The van der Waals surface area contributed by atoms with Crippen LogP contribution in [0.4, 0.5) is 0 Å². The molecule has 3 nitrogen and oxygen atoms in total. The van der Waals surface area contributed by atoms with Crippen molar-refractivity contribution in [2.75, 3.05) is 6.61 Å². The Morgan fingerprint density at radius 2 is 2.41 bits per heavy atom. The molecule has 0 aromatic carbocycles. The first-order valence-corrected chi connectivity index (χ1v) is 6.86. The van der Waals surface area contributed by atoms with E-state index in [1.54, 1.807) is 0 Å². The first-order valence-electron chi connectivity index (χ1n) is 6.06. The van der Waals surface area contributed by atoms with E-state index in [4.69, 9.17) is 4.74 Å². The first kappa shape index (κ1) is 11.2. The highest BCUT2D eigenvalue weighted by atomic mass is 79.9. The molecule has 0 N–H and O–H groups in total. The van der Waals surface area contributed by atoms with E-state index in [0.29, 0.717) is 6.10 Å². The Hall–Kier alpha value is -0.870. The third-order valence-electron chi connectivity index (χ3n) is 3.20. The summed E-state index contributed by atoms with van der Waals surface area (Å²) in [6.45, 7) is 0.904. The Balaban J connectivity index is 1.83. The van der Waals surface area contributed by atoms with Gasteiger partial charge >= 0.3 is 0 Å². The fraction of sp³-hybridized carbons (Fsp3) is 0.462. The number of pyridine rings is 1. The SMILES string of the molecule is Brc1cccn2cc(CC3CCCCO3)nc12. The lowest BCUT2D eigenvalue weighted by Gasteiger charge is -2.21. The highest BCUT2D eigenvalue weighted by Crippen LogP contribution is 2.20. The van der Waals surface area contributed by atoms with Crippen molar-refractivity contribution in [3.8, 4) is 0 Å². The van der Waals surface area contributed by atoms with Gasteiger partial charge in [-0.2, -0.15) is 0 Å². The fourth-order valence-corrected chi connectivity index (χ4v) is 2.78. The van der Waals surface area contributed by atoms with Gasteiger partial charge in [0.2, 0.25) is 0 Å². The minimum absolute atomic E-state index is 0.354. The summed E-state index contributed by atoms with van der Waals surface area (Å²) in [5.41, 5.74) is 2.10. The van der Waals surface area contributed by atoms with Crippen LogP contribution >= 0.6 is 15.9 Å². The van der Waals surface area contributed by atoms with Crippen molar-refractivity contribution in [2.24, 2.45) is 0 Å². The third-order valence-corrected chi connectivity index (χ3v) is 3.81. The van der Waals surface area contributed by atoms with Crippen molar-refractivity contribution >= 4 is 21.6 Å². The van der Waals surface area contributed by atoms with Gasteiger partial charge in [-0.25, -0.2) is 4.98 Å². The second-order valence-corrected chi connectivity index (χ2v) is 5.37. The molecule has 90 valence electrons. The molecule has 1 fully saturated rings. The van der Waals surface area contributed by atoms with E-state index in [-0.39, 0.29) is 0 Å². The minimum Gasteiger partial charge on any atom is -0.378 e. The summed E-state index contributed by atoms with van der Waals surface area (Å²) < 4.78 is 8.84. The summed E-state index contributed by atoms with van der Waals surface area (Å²) in [6.07, 6.45) is 9.04. The molecule has 0 aliphatic carbocycles. The van der Waals surface area contributed by atoms with Gasteiger partial charge in [-0.1, -0.05) is 0 Å². The maximum Gasteiger partial charge on any atom is 0.151 e. The quantitative estimate of drug-likeness (QED) is 0.850. The van der Waals surface area contributed by atoms with Crippen LogP contribution in [0.1, 0.15) is 25.0 Å². The van der Waals surface area contributed by atoms with E-state index in [1.165, 1.54) is 12.8 Å². The van der Waals surface area contributed by atoms with Gasteiger partial charge < -0.3 is 9.14 Å². The molecule has 1 aliphatic rings. The van der Waals surface area contributed by atoms with E-state index in [1.807, 2.05) is 18.3 Å². The van der Waals surface area contributed by atoms with Crippen LogP contribution in [0.15, 0.2) is 29.0 Å². The van der Waals surface area contributed by atoms with E-state index >= 15 is 0 Å². The number of fused-ring (bicyclic) bond motifs is 1. The van der Waals surface area contributed by atoms with Gasteiger partial charge in [-0.3, -0.25) is 0 Å². The van der Waals surface area contributed by atoms with Gasteiger partial charge in [-0.05, 0) is 47.3 Å². The Bertz CT molecular complexity index is 517. The molecule has 1 atom stereocenters. The van der Waals surface area contributed by atoms with Crippen molar-refractivity contribution in [1.29, 1.82) is 0 Å². The van der Waals surface area contributed by atoms with Crippen molar-refractivity contribution in [3.63, 3.8) is 0 Å². The second-order valence-electron chi connectivity index (χ2n) is 4.51. The molecular weight excluding hydrogens is 280 g/mol. The molecule has 1 aliphatic heterocycles. The van der Waals surface area contributed by atoms with Crippen molar-refractivity contribution in [3.05, 3.63) is 34.7 Å². The molecular formula is C13H15BrN2O. The standard InChI is InChI=1S/C13H15BrN2O/c14-12-5-3-6-16-9-10(15-13(12)16)8-11-4-1-2-7-17-11/h3,5-6,9,11H,1-2,4,7-8H2. The molecule has 1 saturated heterocycles. The van der Waals surface area contributed by atoms with Gasteiger partial charge in [0, 0.05) is 25.4 Å². The molecule has 3 heterocycles. The lowest BCUT2D eigenvalue weighted by Crippen LogP contribution is -2.21. The van der Waals surface area contributed by atoms with Gasteiger partial charge in [0.05, 0.1) is 16.3 Å². The van der Waals surface area contributed by atoms with Gasteiger partial charge in [-0.15, -0.1) is 0 Å². The average Bonchev–Trinajstić information content (AvgIpc) is 2.74. The molecule has 0 spiro atoms. The smallest absolute Gasteiger partial charge is 0.151 e. The van der Waals surface area contributed by atoms with Crippen molar-refractivity contribution in [1.82, 2.24) is 9.38 Å². The number of halogens is 1. The van der Waals surface area contributed by atoms with Crippen LogP contribution in [0.25, 0.3) is 5.65 Å². The van der Waals surface area contributed by atoms with Crippen LogP contribution < -0.4 is 0 Å². The minimum atomic E-state index is 0.354. The van der Waals surface area contributed by atoms with Crippen LogP contribution in [0.3, 0.4) is 0 Å². The molecule has 2 aromatic rings. The molecule has 4 heteroatoms. The number of aromatic nitrogens is 2. The number of nitrogens with zero attached hydrogens (tertiary/aromatic N) is 2. The normalized spacial score (nSPS) is 20.9. The third kappa shape index (κ3) is 2.38. The summed E-state index contributed by atoms with van der Waals surface area (Å²) in [6, 6.07) is 4.03. The fourth-order valence-electron chi connectivity index (χ4n) is 2.33. The molecule has 0 saturated carbocycles. The largest absolute Gasteiger partial charge is 0.378 e. The van der Waals surface area contributed by atoms with Gasteiger partial charge in [0.15, 0.2) is 5.65 Å². The predicted octanol–water partition coefficient (Wildman–Crippen LogP) is 3.21. The van der Waals surface area contributed by atoms with E-state index in [2.05, 4.69) is 31.5 Å². The summed E-state index contributed by atoms with van der Waals surface area (Å²) in [5, 5.41) is 0. The Kier molecular flexibility index (Phi) is 3.16. The second kappa shape index (κ2) is 4.78. The highest BCUT2D eigenvalue weighted by molar-refractivity contribution is 9.10. The van der Waals surface area contributed by atoms with Gasteiger partial charge in [0.1, 0.15) is 0 Å². The zero-order chi connectivity index (χ0) is 11.7. The lowest BCUT2D eigenvalue weighted by molar-refractivity contribution is 0.0163. The van der Waals surface area contributed by atoms with Crippen LogP contribution in [0.5, 0.6) is 0 Å². The average molecular weight is 295 g/mol. The molecule has 3 rings (SSSR count). The predicted molar refractivity (Wildman–Crippen MR) is 70.2 cm³/mol. The zero-order valence-corrected chi connectivity index (χ0v) is 11.2. The number of imidazole rings is 1. The van der Waals surface area contributed by atoms with E-state index < -0.39 is 0 Å². The monoisotopic (exact) mass is 294 g/mol. The lowest BCUT2D eigenvalue weighted by atomic mass is 10.1. The van der Waals surface area contributed by atoms with E-state index in [0.717, 1.165) is 35.3 Å². The van der Waals surface area contributed by atoms with Crippen molar-refractivity contribution in [2.45, 2.75) is 31.8 Å². The summed E-state index contributed by atoms with van der Waals surface area (Å²) >= 11 is 3.52. The Labute approximate surface area is 109 Å². The maximum absolute atomic E-state index is 5.75. The molecule has 1 unspecified atom stereocenters. The van der Waals surface area contributed by atoms with Crippen LogP contribution in [-0.2, 0) is 11.2 Å². The number of ether oxygens (including phenoxy) is 1. The maximum atomic E-state index is 5.75. The van der Waals surface area contributed by atoms with Crippen molar-refractivity contribution < 1.29 is 4.74 Å². The number of hydrogen-bond acceptors (Lipinski definition) is 2. The summed E-state index contributed by atoms with van der Waals surface area (Å²) in [5.74, 6) is 0. The highest BCUT2D eigenvalue weighted by Gasteiger charge is 2.16. The molecule has 2 aromatic heterocycles. The van der Waals surface area contributed by atoms with E-state index in [9.17, 15) is 0 Å². The summed E-state index contributed by atoms with van der Waals surface area (Å²) in [4.78, 5) is 4.64. The number of hydrogen-bond donors (Lipinski definition) is 0. The van der Waals surface area contributed by atoms with Gasteiger partial charge in [0.25, 0.3) is 0 Å². The Morgan fingerprint density at radius 1 is 1.47 bits per heavy atom. The molecule has 0 amide bonds. The molecule has 0 bridgehead atoms. The topological polar surface area (TPSA) is 26.5 Å². The summed E-state index contributed by atoms with van der Waals surface area (Å²) in [7, 11) is 0.